The average Bonchev–Trinajstić information content (AvgIpc) is 2.34. The first-order valence-corrected chi connectivity index (χ1v) is 7.97. The second-order valence-electron chi connectivity index (χ2n) is 4.55. The van der Waals surface area contributed by atoms with E-state index in [0.29, 0.717) is 13.1 Å². The molecule has 6 heteroatoms. The topological polar surface area (TPSA) is 61.4 Å². The van der Waals surface area contributed by atoms with Gasteiger partial charge in [0.25, 0.3) is 10.2 Å². The summed E-state index contributed by atoms with van der Waals surface area (Å²) in [5.41, 5.74) is 0. The summed E-state index contributed by atoms with van der Waals surface area (Å²) >= 11 is 0. The van der Waals surface area contributed by atoms with Crippen LogP contribution in [-0.2, 0) is 10.2 Å². The SMILES string of the molecule is CCCNS(=O)(=O)N1CCCCC1CCNC. The van der Waals surface area contributed by atoms with Crippen LogP contribution in [0, 0.1) is 0 Å². The molecule has 0 radical (unpaired) electrons. The van der Waals surface area contributed by atoms with Gasteiger partial charge in [-0.25, -0.2) is 4.72 Å². The molecule has 1 aliphatic heterocycles. The first-order valence-electron chi connectivity index (χ1n) is 6.53. The van der Waals surface area contributed by atoms with Crippen LogP contribution in [0.25, 0.3) is 0 Å². The van der Waals surface area contributed by atoms with Crippen molar-refractivity contribution in [3.8, 4) is 0 Å². The van der Waals surface area contributed by atoms with Crippen molar-refractivity contribution >= 4 is 10.2 Å². The molecule has 1 heterocycles. The predicted octanol–water partition coefficient (Wildman–Crippen LogP) is 0.695. The van der Waals surface area contributed by atoms with Crippen molar-refractivity contribution in [3.05, 3.63) is 0 Å². The molecule has 1 unspecified atom stereocenters. The second kappa shape index (κ2) is 7.31. The van der Waals surface area contributed by atoms with Gasteiger partial charge in [0, 0.05) is 19.1 Å². The number of piperidine rings is 1. The van der Waals surface area contributed by atoms with E-state index in [-0.39, 0.29) is 6.04 Å². The minimum absolute atomic E-state index is 0.158. The van der Waals surface area contributed by atoms with E-state index in [0.717, 1.165) is 38.6 Å². The zero-order chi connectivity index (χ0) is 12.7. The zero-order valence-electron chi connectivity index (χ0n) is 10.9. The van der Waals surface area contributed by atoms with Gasteiger partial charge >= 0.3 is 0 Å². The van der Waals surface area contributed by atoms with E-state index in [1.54, 1.807) is 4.31 Å². The van der Waals surface area contributed by atoms with Gasteiger partial charge in [-0.15, -0.1) is 0 Å². The summed E-state index contributed by atoms with van der Waals surface area (Å²) < 4.78 is 28.5. The molecule has 0 aromatic rings. The van der Waals surface area contributed by atoms with Gasteiger partial charge in [0.05, 0.1) is 0 Å². The van der Waals surface area contributed by atoms with Crippen molar-refractivity contribution in [3.63, 3.8) is 0 Å². The Morgan fingerprint density at radius 1 is 1.29 bits per heavy atom. The third-order valence-electron chi connectivity index (χ3n) is 3.14. The molecule has 1 fully saturated rings. The van der Waals surface area contributed by atoms with Gasteiger partial charge in [-0.1, -0.05) is 13.3 Å². The Bertz CT molecular complexity index is 306. The second-order valence-corrected chi connectivity index (χ2v) is 6.26. The molecule has 1 saturated heterocycles. The number of hydrogen-bond acceptors (Lipinski definition) is 3. The number of hydrogen-bond donors (Lipinski definition) is 2. The fraction of sp³-hybridized carbons (Fsp3) is 1.00. The molecule has 0 aromatic carbocycles. The first-order chi connectivity index (χ1) is 8.11. The third kappa shape index (κ3) is 4.54. The Morgan fingerprint density at radius 2 is 2.06 bits per heavy atom. The van der Waals surface area contributed by atoms with Crippen molar-refractivity contribution in [2.24, 2.45) is 0 Å². The van der Waals surface area contributed by atoms with E-state index in [9.17, 15) is 8.42 Å². The lowest BCUT2D eigenvalue weighted by molar-refractivity contribution is 0.237. The maximum atomic E-state index is 12.1. The highest BCUT2D eigenvalue weighted by atomic mass is 32.2. The Hall–Kier alpha value is -0.170. The summed E-state index contributed by atoms with van der Waals surface area (Å²) in [7, 11) is -1.37. The highest BCUT2D eigenvalue weighted by molar-refractivity contribution is 7.87. The summed E-state index contributed by atoms with van der Waals surface area (Å²) in [6.45, 7) is 4.02. The fourth-order valence-corrected chi connectivity index (χ4v) is 3.80. The molecule has 1 atom stereocenters. The maximum Gasteiger partial charge on any atom is 0.279 e. The fourth-order valence-electron chi connectivity index (χ4n) is 2.20. The highest BCUT2D eigenvalue weighted by Crippen LogP contribution is 2.21. The highest BCUT2D eigenvalue weighted by Gasteiger charge is 2.31. The van der Waals surface area contributed by atoms with Gasteiger partial charge in [-0.05, 0) is 39.3 Å². The Balaban J connectivity index is 2.62. The average molecular weight is 263 g/mol. The zero-order valence-corrected chi connectivity index (χ0v) is 11.7. The largest absolute Gasteiger partial charge is 0.320 e. The van der Waals surface area contributed by atoms with Crippen molar-refractivity contribution in [1.82, 2.24) is 14.3 Å². The molecular formula is C11H25N3O2S. The standard InChI is InChI=1S/C11H25N3O2S/c1-3-8-13-17(15,16)14-10-5-4-6-11(14)7-9-12-2/h11-13H,3-10H2,1-2H3. The van der Waals surface area contributed by atoms with Crippen LogP contribution >= 0.6 is 0 Å². The summed E-state index contributed by atoms with van der Waals surface area (Å²) in [4.78, 5) is 0. The van der Waals surface area contributed by atoms with Crippen LogP contribution in [0.3, 0.4) is 0 Å². The molecule has 0 spiro atoms. The van der Waals surface area contributed by atoms with E-state index < -0.39 is 10.2 Å². The minimum Gasteiger partial charge on any atom is -0.320 e. The lowest BCUT2D eigenvalue weighted by Gasteiger charge is -2.34. The monoisotopic (exact) mass is 263 g/mol. The summed E-state index contributed by atoms with van der Waals surface area (Å²) in [5, 5.41) is 3.09. The lowest BCUT2D eigenvalue weighted by Crippen LogP contribution is -2.49. The van der Waals surface area contributed by atoms with E-state index >= 15 is 0 Å². The molecule has 1 aliphatic rings. The van der Waals surface area contributed by atoms with Gasteiger partial charge in [-0.2, -0.15) is 12.7 Å². The van der Waals surface area contributed by atoms with E-state index in [4.69, 9.17) is 0 Å². The molecule has 5 nitrogen and oxygen atoms in total. The molecule has 0 bridgehead atoms. The van der Waals surface area contributed by atoms with Crippen LogP contribution < -0.4 is 10.0 Å². The summed E-state index contributed by atoms with van der Waals surface area (Å²) in [6.07, 6.45) is 4.81. The van der Waals surface area contributed by atoms with Crippen LogP contribution in [-0.4, -0.2) is 45.4 Å². The molecule has 0 aliphatic carbocycles. The molecule has 2 N–H and O–H groups in total. The minimum atomic E-state index is -3.27. The Kier molecular flexibility index (Phi) is 6.40. The molecule has 0 amide bonds. The van der Waals surface area contributed by atoms with Crippen LogP contribution in [0.4, 0.5) is 0 Å². The lowest BCUT2D eigenvalue weighted by atomic mass is 10.0. The van der Waals surface area contributed by atoms with Crippen molar-refractivity contribution < 1.29 is 8.42 Å². The van der Waals surface area contributed by atoms with Crippen LogP contribution in [0.2, 0.25) is 0 Å². The van der Waals surface area contributed by atoms with Gasteiger partial charge in [-0.3, -0.25) is 0 Å². The molecule has 0 aromatic heterocycles. The van der Waals surface area contributed by atoms with E-state index in [1.807, 2.05) is 14.0 Å². The van der Waals surface area contributed by atoms with Gasteiger partial charge in [0.1, 0.15) is 0 Å². The van der Waals surface area contributed by atoms with Crippen LogP contribution in [0.5, 0.6) is 0 Å². The predicted molar refractivity (Wildman–Crippen MR) is 70.1 cm³/mol. The quantitative estimate of drug-likeness (QED) is 0.710. The molecule has 102 valence electrons. The number of nitrogens with one attached hydrogen (secondary N) is 2. The van der Waals surface area contributed by atoms with E-state index in [2.05, 4.69) is 10.0 Å². The van der Waals surface area contributed by atoms with Crippen molar-refractivity contribution in [2.75, 3.05) is 26.7 Å². The molecule has 0 saturated carbocycles. The van der Waals surface area contributed by atoms with Gasteiger partial charge < -0.3 is 5.32 Å². The van der Waals surface area contributed by atoms with Crippen molar-refractivity contribution in [2.45, 2.75) is 45.1 Å². The van der Waals surface area contributed by atoms with Gasteiger partial charge in [0.15, 0.2) is 0 Å². The third-order valence-corrected chi connectivity index (χ3v) is 4.81. The molecule has 17 heavy (non-hydrogen) atoms. The molecule has 1 rings (SSSR count). The van der Waals surface area contributed by atoms with Crippen LogP contribution in [0.15, 0.2) is 0 Å². The Morgan fingerprint density at radius 3 is 2.71 bits per heavy atom. The summed E-state index contributed by atoms with van der Waals surface area (Å²) in [5.74, 6) is 0. The van der Waals surface area contributed by atoms with Crippen LogP contribution in [0.1, 0.15) is 39.0 Å². The van der Waals surface area contributed by atoms with E-state index in [1.165, 1.54) is 0 Å². The molecular weight excluding hydrogens is 238 g/mol. The normalized spacial score (nSPS) is 22.8. The number of rotatable bonds is 7. The van der Waals surface area contributed by atoms with Gasteiger partial charge in [0.2, 0.25) is 0 Å². The maximum absolute atomic E-state index is 12.1. The smallest absolute Gasteiger partial charge is 0.279 e. The summed E-state index contributed by atoms with van der Waals surface area (Å²) in [6, 6.07) is 0.158. The first kappa shape index (κ1) is 14.9. The van der Waals surface area contributed by atoms with Crippen molar-refractivity contribution in [1.29, 1.82) is 0 Å². The number of nitrogens with zero attached hydrogens (tertiary/aromatic N) is 1. The Labute approximate surface area is 105 Å².